The van der Waals surface area contributed by atoms with Gasteiger partial charge in [0.05, 0.1) is 6.61 Å². The molecule has 0 aromatic carbocycles. The maximum Gasteiger partial charge on any atom is 0.325 e. The zero-order chi connectivity index (χ0) is 17.3. The minimum atomic E-state index is -0.320. The van der Waals surface area contributed by atoms with Gasteiger partial charge in [-0.3, -0.25) is 9.59 Å². The molecule has 4 heteroatoms. The number of hydrogen-bond donors (Lipinski definition) is 0. The highest BCUT2D eigenvalue weighted by Crippen LogP contribution is 2.08. The van der Waals surface area contributed by atoms with Crippen LogP contribution in [0.15, 0.2) is 12.7 Å². The molecule has 4 nitrogen and oxygen atoms in total. The van der Waals surface area contributed by atoms with Crippen molar-refractivity contribution >= 4 is 11.9 Å². The van der Waals surface area contributed by atoms with Crippen LogP contribution in [0.1, 0.15) is 78.1 Å². The van der Waals surface area contributed by atoms with Crippen LogP contribution in [0.5, 0.6) is 0 Å². The highest BCUT2D eigenvalue weighted by molar-refractivity contribution is 5.89. The van der Waals surface area contributed by atoms with E-state index in [2.05, 4.69) is 20.4 Å². The van der Waals surface area contributed by atoms with E-state index in [1.165, 1.54) is 49.5 Å². The normalized spacial score (nSPS) is 10.3. The second-order valence-corrected chi connectivity index (χ2v) is 6.01. The molecule has 1 amide bonds. The Labute approximate surface area is 142 Å². The molecule has 0 spiro atoms. The van der Waals surface area contributed by atoms with Crippen LogP contribution in [-0.4, -0.2) is 36.5 Å². The number of ether oxygens (including phenoxy) is 1. The fourth-order valence-electron chi connectivity index (χ4n) is 2.37. The summed E-state index contributed by atoms with van der Waals surface area (Å²) in [6.45, 7) is 8.81. The molecule has 0 aromatic heterocycles. The van der Waals surface area contributed by atoms with Crippen molar-refractivity contribution in [2.45, 2.75) is 78.1 Å². The van der Waals surface area contributed by atoms with Gasteiger partial charge in [-0.2, -0.15) is 0 Å². The molecular formula is C19H35NO3. The Morgan fingerprint density at radius 1 is 0.913 bits per heavy atom. The number of carbonyl (C=O) groups excluding carboxylic acids is 2. The zero-order valence-electron chi connectivity index (χ0n) is 15.1. The number of unbranched alkanes of at least 4 members (excludes halogenated alkanes) is 8. The fraction of sp³-hybridized carbons (Fsp3) is 0.789. The lowest BCUT2D eigenvalue weighted by Gasteiger charge is -2.19. The number of hydrogen-bond acceptors (Lipinski definition) is 3. The molecular weight excluding hydrogens is 290 g/mol. The maximum atomic E-state index is 11.8. The number of esters is 1. The lowest BCUT2D eigenvalue weighted by atomic mass is 10.1. The van der Waals surface area contributed by atoms with Gasteiger partial charge in [-0.15, -0.1) is 0 Å². The molecule has 23 heavy (non-hydrogen) atoms. The van der Waals surface area contributed by atoms with E-state index in [4.69, 9.17) is 4.74 Å². The minimum Gasteiger partial charge on any atom is -0.464 e. The molecule has 0 aliphatic heterocycles. The molecule has 0 aliphatic carbocycles. The Bertz CT molecular complexity index is 329. The number of carbonyl (C=O) groups is 2. The van der Waals surface area contributed by atoms with Gasteiger partial charge in [-0.25, -0.2) is 0 Å². The van der Waals surface area contributed by atoms with Crippen molar-refractivity contribution in [2.24, 2.45) is 0 Å². The van der Waals surface area contributed by atoms with E-state index in [0.29, 0.717) is 13.2 Å². The Balaban J connectivity index is 3.70. The van der Waals surface area contributed by atoms with E-state index >= 15 is 0 Å². The molecule has 0 atom stereocenters. The third kappa shape index (κ3) is 12.9. The molecule has 0 fully saturated rings. The standard InChI is InChI=1S/C19H35NO3/c1-4-7-9-10-11-12-13-14-16-23-19(22)17-20(15-8-5-2)18(21)6-3/h6H,3-5,7-17H2,1-2H3. The van der Waals surface area contributed by atoms with Gasteiger partial charge in [0, 0.05) is 6.54 Å². The maximum absolute atomic E-state index is 11.8. The van der Waals surface area contributed by atoms with Crippen molar-refractivity contribution in [3.05, 3.63) is 12.7 Å². The van der Waals surface area contributed by atoms with E-state index in [1.54, 1.807) is 0 Å². The molecule has 0 heterocycles. The van der Waals surface area contributed by atoms with Crippen LogP contribution in [0.4, 0.5) is 0 Å². The summed E-state index contributed by atoms with van der Waals surface area (Å²) in [5.74, 6) is -0.526. The second-order valence-electron chi connectivity index (χ2n) is 6.01. The molecule has 0 saturated carbocycles. The van der Waals surface area contributed by atoms with Gasteiger partial charge in [0.15, 0.2) is 0 Å². The Morgan fingerprint density at radius 3 is 2.04 bits per heavy atom. The van der Waals surface area contributed by atoms with E-state index < -0.39 is 0 Å². The molecule has 0 radical (unpaired) electrons. The molecule has 0 unspecified atom stereocenters. The minimum absolute atomic E-state index is 0.0296. The predicted octanol–water partition coefficient (Wildman–Crippen LogP) is 4.49. The summed E-state index contributed by atoms with van der Waals surface area (Å²) < 4.78 is 5.23. The third-order valence-electron chi connectivity index (χ3n) is 3.85. The molecule has 0 aromatic rings. The zero-order valence-corrected chi connectivity index (χ0v) is 15.1. The van der Waals surface area contributed by atoms with Crippen molar-refractivity contribution in [1.82, 2.24) is 4.90 Å². The van der Waals surface area contributed by atoms with E-state index in [-0.39, 0.29) is 18.4 Å². The third-order valence-corrected chi connectivity index (χ3v) is 3.85. The average molecular weight is 325 g/mol. The largest absolute Gasteiger partial charge is 0.464 e. The van der Waals surface area contributed by atoms with Crippen molar-refractivity contribution in [2.75, 3.05) is 19.7 Å². The fourth-order valence-corrected chi connectivity index (χ4v) is 2.37. The summed E-state index contributed by atoms with van der Waals surface area (Å²) in [6.07, 6.45) is 12.8. The average Bonchev–Trinajstić information content (AvgIpc) is 2.56. The first kappa shape index (κ1) is 21.7. The van der Waals surface area contributed by atoms with Crippen molar-refractivity contribution < 1.29 is 14.3 Å². The number of rotatable bonds is 15. The topological polar surface area (TPSA) is 46.6 Å². The van der Waals surface area contributed by atoms with Gasteiger partial charge >= 0.3 is 5.97 Å². The predicted molar refractivity (Wildman–Crippen MR) is 95.3 cm³/mol. The summed E-state index contributed by atoms with van der Waals surface area (Å²) in [6, 6.07) is 0. The van der Waals surface area contributed by atoms with E-state index in [1.807, 2.05) is 0 Å². The number of amides is 1. The molecule has 0 saturated heterocycles. The monoisotopic (exact) mass is 325 g/mol. The van der Waals surface area contributed by atoms with Crippen molar-refractivity contribution in [3.8, 4) is 0 Å². The first-order valence-electron chi connectivity index (χ1n) is 9.22. The van der Waals surface area contributed by atoms with Gasteiger partial charge < -0.3 is 9.64 Å². The molecule has 0 bridgehead atoms. The quantitative estimate of drug-likeness (QED) is 0.253. The van der Waals surface area contributed by atoms with Gasteiger partial charge in [0.1, 0.15) is 6.54 Å². The molecule has 0 rings (SSSR count). The Hall–Kier alpha value is -1.32. The summed E-state index contributed by atoms with van der Waals surface area (Å²) in [5.41, 5.74) is 0. The van der Waals surface area contributed by atoms with Crippen molar-refractivity contribution in [3.63, 3.8) is 0 Å². The van der Waals surface area contributed by atoms with E-state index in [9.17, 15) is 9.59 Å². The summed E-state index contributed by atoms with van der Waals surface area (Å²) in [7, 11) is 0. The van der Waals surface area contributed by atoms with Gasteiger partial charge in [0.2, 0.25) is 5.91 Å². The molecule has 0 N–H and O–H groups in total. The second kappa shape index (κ2) is 15.6. The van der Waals surface area contributed by atoms with Crippen LogP contribution in [0.3, 0.4) is 0 Å². The smallest absolute Gasteiger partial charge is 0.325 e. The summed E-state index contributed by atoms with van der Waals surface area (Å²) >= 11 is 0. The summed E-state index contributed by atoms with van der Waals surface area (Å²) in [4.78, 5) is 25.0. The number of nitrogens with zero attached hydrogens (tertiary/aromatic N) is 1. The van der Waals surface area contributed by atoms with Crippen LogP contribution >= 0.6 is 0 Å². The van der Waals surface area contributed by atoms with Gasteiger partial charge in [-0.1, -0.05) is 71.8 Å². The molecule has 134 valence electrons. The first-order valence-corrected chi connectivity index (χ1v) is 9.22. The van der Waals surface area contributed by atoms with Crippen LogP contribution in [0.25, 0.3) is 0 Å². The van der Waals surface area contributed by atoms with Crippen LogP contribution in [-0.2, 0) is 14.3 Å². The van der Waals surface area contributed by atoms with Gasteiger partial charge in [0.25, 0.3) is 0 Å². The SMILES string of the molecule is C=CC(=O)N(CCCC)CC(=O)OCCCCCCCCCC. The lowest BCUT2D eigenvalue weighted by molar-refractivity contribution is -0.148. The Morgan fingerprint density at radius 2 is 1.48 bits per heavy atom. The van der Waals surface area contributed by atoms with E-state index in [0.717, 1.165) is 25.7 Å². The van der Waals surface area contributed by atoms with Crippen molar-refractivity contribution in [1.29, 1.82) is 0 Å². The van der Waals surface area contributed by atoms with Gasteiger partial charge in [-0.05, 0) is 18.9 Å². The first-order chi connectivity index (χ1) is 11.2. The lowest BCUT2D eigenvalue weighted by Crippen LogP contribution is -2.36. The highest BCUT2D eigenvalue weighted by Gasteiger charge is 2.14. The summed E-state index contributed by atoms with van der Waals surface area (Å²) in [5, 5.41) is 0. The van der Waals surface area contributed by atoms with Crippen LogP contribution < -0.4 is 0 Å². The molecule has 0 aliphatic rings. The Kier molecular flexibility index (Phi) is 14.7. The highest BCUT2D eigenvalue weighted by atomic mass is 16.5. The van der Waals surface area contributed by atoms with Crippen LogP contribution in [0.2, 0.25) is 0 Å². The van der Waals surface area contributed by atoms with Crippen LogP contribution in [0, 0.1) is 0 Å².